The number of benzene rings is 3. The van der Waals surface area contributed by atoms with Gasteiger partial charge in [-0.3, -0.25) is 0 Å². The fourth-order valence-electron chi connectivity index (χ4n) is 4.11. The first kappa shape index (κ1) is 26.5. The largest absolute Gasteiger partial charge is 0.449 e. The Morgan fingerprint density at radius 2 is 1.38 bits per heavy atom. The van der Waals surface area contributed by atoms with Crippen molar-refractivity contribution in [1.82, 2.24) is 5.32 Å². The predicted molar refractivity (Wildman–Crippen MR) is 127 cm³/mol. The molecule has 0 aliphatic heterocycles. The number of halogens is 5. The van der Waals surface area contributed by atoms with E-state index in [0.29, 0.717) is 5.75 Å². The molecule has 194 valence electrons. The summed E-state index contributed by atoms with van der Waals surface area (Å²) in [7, 11) is 0. The van der Waals surface area contributed by atoms with Crippen molar-refractivity contribution in [3.63, 3.8) is 0 Å². The van der Waals surface area contributed by atoms with Crippen molar-refractivity contribution in [3.05, 3.63) is 88.7 Å². The molecule has 1 atom stereocenters. The number of esters is 1. The number of nitrogens with one attached hydrogen (secondary N) is 1. The lowest BCUT2D eigenvalue weighted by atomic mass is 9.98. The smallest absolute Gasteiger partial charge is 0.407 e. The molecule has 1 unspecified atom stereocenters. The lowest BCUT2D eigenvalue weighted by Crippen LogP contribution is -2.44. The van der Waals surface area contributed by atoms with Crippen molar-refractivity contribution in [2.45, 2.75) is 18.4 Å². The van der Waals surface area contributed by atoms with Gasteiger partial charge in [0.15, 0.2) is 0 Å². The van der Waals surface area contributed by atoms with Crippen molar-refractivity contribution in [2.75, 3.05) is 18.6 Å². The summed E-state index contributed by atoms with van der Waals surface area (Å²) in [5.41, 5.74) is 3.94. The summed E-state index contributed by atoms with van der Waals surface area (Å²) in [5, 5.41) is 2.27. The summed E-state index contributed by atoms with van der Waals surface area (Å²) in [4.78, 5) is 25.2. The van der Waals surface area contributed by atoms with E-state index in [4.69, 9.17) is 4.74 Å². The molecule has 1 aliphatic carbocycles. The molecule has 0 fully saturated rings. The van der Waals surface area contributed by atoms with E-state index in [0.717, 1.165) is 22.3 Å². The van der Waals surface area contributed by atoms with E-state index in [-0.39, 0.29) is 18.9 Å². The number of hydrogen-bond donors (Lipinski definition) is 1. The molecular formula is C26H20F5NO4S. The molecule has 0 bridgehead atoms. The van der Waals surface area contributed by atoms with Gasteiger partial charge in [-0.15, -0.1) is 0 Å². The number of rotatable bonds is 8. The molecule has 1 aliphatic rings. The number of fused-ring (bicyclic) bond motifs is 3. The molecule has 3 aromatic carbocycles. The third-order valence-corrected chi connectivity index (χ3v) is 6.55. The molecular weight excluding hydrogens is 517 g/mol. The maximum Gasteiger partial charge on any atom is 0.407 e. The Labute approximate surface area is 213 Å². The number of amides is 1. The zero-order chi connectivity index (χ0) is 26.7. The predicted octanol–water partition coefficient (Wildman–Crippen LogP) is 5.95. The zero-order valence-corrected chi connectivity index (χ0v) is 20.1. The summed E-state index contributed by atoms with van der Waals surface area (Å²) < 4.78 is 78.1. The van der Waals surface area contributed by atoms with E-state index in [2.05, 4.69) is 10.1 Å². The molecule has 0 saturated heterocycles. The fraction of sp³-hybridized carbons (Fsp3) is 0.231. The second-order valence-electron chi connectivity index (χ2n) is 8.12. The second-order valence-corrected chi connectivity index (χ2v) is 9.11. The van der Waals surface area contributed by atoms with Gasteiger partial charge >= 0.3 is 12.1 Å². The minimum absolute atomic E-state index is 0.0560. The number of alkyl carbamates (subject to hydrolysis) is 1. The second kappa shape index (κ2) is 11.2. The highest BCUT2D eigenvalue weighted by Crippen LogP contribution is 2.44. The normalized spacial score (nSPS) is 13.0. The van der Waals surface area contributed by atoms with Gasteiger partial charge in [-0.05, 0) is 40.7 Å². The topological polar surface area (TPSA) is 64.6 Å². The van der Waals surface area contributed by atoms with Crippen molar-refractivity contribution >= 4 is 23.8 Å². The Balaban J connectivity index is 1.47. The van der Waals surface area contributed by atoms with Gasteiger partial charge in [-0.2, -0.15) is 20.5 Å². The van der Waals surface area contributed by atoms with Gasteiger partial charge in [0.1, 0.15) is 12.6 Å². The van der Waals surface area contributed by atoms with Crippen LogP contribution in [0.3, 0.4) is 0 Å². The van der Waals surface area contributed by atoms with E-state index < -0.39 is 52.9 Å². The molecule has 0 radical (unpaired) electrons. The first-order chi connectivity index (χ1) is 17.7. The molecule has 3 aromatic rings. The van der Waals surface area contributed by atoms with Crippen LogP contribution in [0, 0.1) is 29.1 Å². The van der Waals surface area contributed by atoms with Crippen molar-refractivity contribution < 1.29 is 41.0 Å². The minimum Gasteiger partial charge on any atom is -0.449 e. The van der Waals surface area contributed by atoms with E-state index in [9.17, 15) is 31.5 Å². The summed E-state index contributed by atoms with van der Waals surface area (Å²) in [6, 6.07) is 13.8. The number of thioether (sulfide) groups is 1. The highest BCUT2D eigenvalue weighted by Gasteiger charge is 2.33. The highest BCUT2D eigenvalue weighted by atomic mass is 32.2. The van der Waals surface area contributed by atoms with Crippen molar-refractivity contribution in [1.29, 1.82) is 0 Å². The Hall–Kier alpha value is -3.60. The van der Waals surface area contributed by atoms with E-state index in [1.165, 1.54) is 11.8 Å². The van der Waals surface area contributed by atoms with Crippen LogP contribution in [0.2, 0.25) is 0 Å². The molecule has 0 aromatic heterocycles. The molecule has 0 saturated carbocycles. The fourth-order valence-corrected chi connectivity index (χ4v) is 4.58. The van der Waals surface area contributed by atoms with Gasteiger partial charge in [0.05, 0.1) is 0 Å². The van der Waals surface area contributed by atoms with Crippen LogP contribution in [0.1, 0.15) is 23.5 Å². The van der Waals surface area contributed by atoms with Crippen molar-refractivity contribution in [3.8, 4) is 16.9 Å². The number of carbonyl (C=O) groups excluding carboxylic acids is 2. The third kappa shape index (κ3) is 5.27. The van der Waals surface area contributed by atoms with Crippen LogP contribution in [0.15, 0.2) is 48.5 Å². The molecule has 37 heavy (non-hydrogen) atoms. The molecule has 0 heterocycles. The Bertz CT molecular complexity index is 1280. The van der Waals surface area contributed by atoms with Gasteiger partial charge in [0.25, 0.3) is 0 Å². The Kier molecular flexibility index (Phi) is 8.01. The van der Waals surface area contributed by atoms with Gasteiger partial charge < -0.3 is 14.8 Å². The van der Waals surface area contributed by atoms with Gasteiger partial charge in [-0.1, -0.05) is 48.5 Å². The SMILES string of the molecule is CSCCC(NC(=O)OCC1c2ccccc2-c2ccccc21)C(=O)Oc1c(F)c(F)c(F)c(F)c1F. The number of carbonyl (C=O) groups is 2. The van der Waals surface area contributed by atoms with Crippen LogP contribution in [-0.4, -0.2) is 36.7 Å². The van der Waals surface area contributed by atoms with Crippen LogP contribution < -0.4 is 10.1 Å². The number of hydrogen-bond acceptors (Lipinski definition) is 5. The standard InChI is InChI=1S/C26H20F5NO4S/c1-37-11-10-18(25(33)36-24-22(30)20(28)19(27)21(29)23(24)31)32-26(34)35-12-17-15-8-4-2-6-13(15)14-7-3-5-9-16(14)17/h2-9,17-18H,10-12H2,1H3,(H,32,34). The lowest BCUT2D eigenvalue weighted by molar-refractivity contribution is -0.137. The lowest BCUT2D eigenvalue weighted by Gasteiger charge is -2.19. The molecule has 0 spiro atoms. The monoisotopic (exact) mass is 537 g/mol. The highest BCUT2D eigenvalue weighted by molar-refractivity contribution is 7.98. The van der Waals surface area contributed by atoms with Gasteiger partial charge in [0, 0.05) is 5.92 Å². The Morgan fingerprint density at radius 1 is 0.865 bits per heavy atom. The van der Waals surface area contributed by atoms with Gasteiger partial charge in [0.2, 0.25) is 34.8 Å². The molecule has 5 nitrogen and oxygen atoms in total. The van der Waals surface area contributed by atoms with E-state index in [1.54, 1.807) is 6.26 Å². The van der Waals surface area contributed by atoms with Gasteiger partial charge in [-0.25, -0.2) is 22.8 Å². The van der Waals surface area contributed by atoms with Crippen LogP contribution >= 0.6 is 11.8 Å². The van der Waals surface area contributed by atoms with Crippen LogP contribution in [0.4, 0.5) is 26.7 Å². The number of ether oxygens (including phenoxy) is 2. The van der Waals surface area contributed by atoms with Crippen molar-refractivity contribution in [2.24, 2.45) is 0 Å². The maximum atomic E-state index is 14.0. The molecule has 1 amide bonds. The molecule has 11 heteroatoms. The summed E-state index contributed by atoms with van der Waals surface area (Å²) in [6.45, 7) is -0.0677. The third-order valence-electron chi connectivity index (χ3n) is 5.90. The summed E-state index contributed by atoms with van der Waals surface area (Å²) >= 11 is 1.29. The van der Waals surface area contributed by atoms with Crippen LogP contribution in [-0.2, 0) is 9.53 Å². The Morgan fingerprint density at radius 3 is 1.92 bits per heavy atom. The van der Waals surface area contributed by atoms with Crippen LogP contribution in [0.5, 0.6) is 5.75 Å². The average Bonchev–Trinajstić information content (AvgIpc) is 3.23. The van der Waals surface area contributed by atoms with E-state index in [1.807, 2.05) is 48.5 Å². The van der Waals surface area contributed by atoms with Crippen LogP contribution in [0.25, 0.3) is 11.1 Å². The minimum atomic E-state index is -2.38. The maximum absolute atomic E-state index is 14.0. The summed E-state index contributed by atoms with van der Waals surface area (Å²) in [6.07, 6.45) is 0.640. The average molecular weight is 538 g/mol. The van der Waals surface area contributed by atoms with E-state index >= 15 is 0 Å². The zero-order valence-electron chi connectivity index (χ0n) is 19.3. The quantitative estimate of drug-likeness (QED) is 0.127. The first-order valence-electron chi connectivity index (χ1n) is 11.1. The first-order valence-corrected chi connectivity index (χ1v) is 12.5. The molecule has 4 rings (SSSR count). The molecule has 1 N–H and O–H groups in total. The summed E-state index contributed by atoms with van der Waals surface area (Å²) in [5.74, 6) is -14.6.